The molecule has 10 heteroatoms. The molecule has 3 aliphatic rings. The Bertz CT molecular complexity index is 1180. The summed E-state index contributed by atoms with van der Waals surface area (Å²) in [5.41, 5.74) is 2.52. The van der Waals surface area contributed by atoms with E-state index in [9.17, 15) is 4.79 Å². The number of hydrazone groups is 1. The summed E-state index contributed by atoms with van der Waals surface area (Å²) in [4.78, 5) is 15.9. The number of hydrogen-bond acceptors (Lipinski definition) is 9. The second kappa shape index (κ2) is 11.2. The van der Waals surface area contributed by atoms with Gasteiger partial charge in [-0.2, -0.15) is 5.10 Å². The Morgan fingerprint density at radius 3 is 2.29 bits per heavy atom. The van der Waals surface area contributed by atoms with Crippen LogP contribution in [0.2, 0.25) is 0 Å². The van der Waals surface area contributed by atoms with Crippen molar-refractivity contribution < 1.29 is 33.2 Å². The SMILES string of the molecule is COc1ccc([C@@H]2CC(c3ccc(OC)c(OC)c3)=NN2C(=O)CN2CCC3(CC2)OCCO3)c(OC)c1. The van der Waals surface area contributed by atoms with Crippen molar-refractivity contribution in [2.24, 2.45) is 5.10 Å². The number of methoxy groups -OCH3 is 4. The van der Waals surface area contributed by atoms with Gasteiger partial charge in [0.05, 0.1) is 60.0 Å². The summed E-state index contributed by atoms with van der Waals surface area (Å²) in [5.74, 6) is 2.01. The van der Waals surface area contributed by atoms with Gasteiger partial charge in [0, 0.05) is 49.5 Å². The van der Waals surface area contributed by atoms with Gasteiger partial charge < -0.3 is 28.4 Å². The molecule has 5 rings (SSSR count). The average molecular weight is 526 g/mol. The summed E-state index contributed by atoms with van der Waals surface area (Å²) < 4.78 is 33.7. The highest BCUT2D eigenvalue weighted by Crippen LogP contribution is 2.40. The van der Waals surface area contributed by atoms with Gasteiger partial charge in [0.2, 0.25) is 0 Å². The highest BCUT2D eigenvalue weighted by atomic mass is 16.7. The molecule has 0 aliphatic carbocycles. The van der Waals surface area contributed by atoms with Crippen molar-refractivity contribution in [1.29, 1.82) is 0 Å². The lowest BCUT2D eigenvalue weighted by Crippen LogP contribution is -2.48. The molecule has 38 heavy (non-hydrogen) atoms. The molecule has 0 N–H and O–H groups in total. The third-order valence-corrected chi connectivity index (χ3v) is 7.47. The van der Waals surface area contributed by atoms with Crippen LogP contribution in [0.1, 0.15) is 36.4 Å². The maximum Gasteiger partial charge on any atom is 0.257 e. The standard InChI is InChI=1S/C28H35N3O7/c1-33-20-6-7-21(25(16-20)35-3)23-17-22(19-5-8-24(34-2)26(15-19)36-4)29-31(23)27(32)18-30-11-9-28(10-12-30)37-13-14-38-28/h5-8,15-16,23H,9-14,17-18H2,1-4H3/t23-/m0/s1. The Morgan fingerprint density at radius 2 is 1.63 bits per heavy atom. The lowest BCUT2D eigenvalue weighted by molar-refractivity contribution is -0.186. The van der Waals surface area contributed by atoms with Gasteiger partial charge in [-0.3, -0.25) is 9.69 Å². The topological polar surface area (TPSA) is 91.3 Å². The normalized spacial score (nSPS) is 20.9. The van der Waals surface area contributed by atoms with E-state index in [2.05, 4.69) is 4.90 Å². The lowest BCUT2D eigenvalue weighted by atomic mass is 9.97. The monoisotopic (exact) mass is 525 g/mol. The molecule has 10 nitrogen and oxygen atoms in total. The van der Waals surface area contributed by atoms with E-state index in [0.717, 1.165) is 42.8 Å². The zero-order valence-electron chi connectivity index (χ0n) is 22.4. The van der Waals surface area contributed by atoms with Crippen LogP contribution in [-0.4, -0.2) is 88.6 Å². The molecular formula is C28H35N3O7. The van der Waals surface area contributed by atoms with Gasteiger partial charge in [0.1, 0.15) is 11.5 Å². The third-order valence-electron chi connectivity index (χ3n) is 7.47. The Kier molecular flexibility index (Phi) is 7.73. The van der Waals surface area contributed by atoms with Gasteiger partial charge in [-0.05, 0) is 30.3 Å². The lowest BCUT2D eigenvalue weighted by Gasteiger charge is -2.37. The molecule has 2 aromatic rings. The van der Waals surface area contributed by atoms with E-state index >= 15 is 0 Å². The average Bonchev–Trinajstić information content (AvgIpc) is 3.61. The predicted octanol–water partition coefficient (Wildman–Crippen LogP) is 3.24. The molecule has 0 bridgehead atoms. The van der Waals surface area contributed by atoms with E-state index in [1.54, 1.807) is 33.4 Å². The molecular weight excluding hydrogens is 490 g/mol. The molecule has 2 saturated heterocycles. The number of carbonyl (C=O) groups excluding carboxylic acids is 1. The van der Waals surface area contributed by atoms with Crippen LogP contribution in [0.4, 0.5) is 0 Å². The molecule has 3 aliphatic heterocycles. The minimum Gasteiger partial charge on any atom is -0.497 e. The summed E-state index contributed by atoms with van der Waals surface area (Å²) in [6, 6.07) is 11.0. The van der Waals surface area contributed by atoms with E-state index in [1.807, 2.05) is 36.4 Å². The number of likely N-dealkylation sites (tertiary alicyclic amines) is 1. The van der Waals surface area contributed by atoms with Crippen LogP contribution in [0.15, 0.2) is 41.5 Å². The van der Waals surface area contributed by atoms with Crippen molar-refractivity contribution in [3.8, 4) is 23.0 Å². The first-order valence-electron chi connectivity index (χ1n) is 12.8. The number of piperidine rings is 1. The Labute approximate surface area is 223 Å². The number of hydrogen-bond donors (Lipinski definition) is 0. The quantitative estimate of drug-likeness (QED) is 0.519. The molecule has 0 unspecified atom stereocenters. The largest absolute Gasteiger partial charge is 0.497 e. The molecule has 1 spiro atoms. The first kappa shape index (κ1) is 26.3. The van der Waals surface area contributed by atoms with E-state index in [0.29, 0.717) is 42.6 Å². The van der Waals surface area contributed by atoms with E-state index < -0.39 is 5.79 Å². The number of carbonyl (C=O) groups is 1. The number of benzene rings is 2. The van der Waals surface area contributed by atoms with Gasteiger partial charge in [0.25, 0.3) is 5.91 Å². The summed E-state index contributed by atoms with van der Waals surface area (Å²) in [6.07, 6.45) is 2.01. The van der Waals surface area contributed by atoms with Crippen LogP contribution in [0, 0.1) is 0 Å². The molecule has 0 radical (unpaired) electrons. The van der Waals surface area contributed by atoms with Crippen molar-refractivity contribution >= 4 is 11.6 Å². The predicted molar refractivity (Wildman–Crippen MR) is 140 cm³/mol. The molecule has 1 atom stereocenters. The minimum absolute atomic E-state index is 0.0763. The second-order valence-electron chi connectivity index (χ2n) is 9.57. The molecule has 0 aromatic heterocycles. The first-order valence-corrected chi connectivity index (χ1v) is 12.8. The van der Waals surface area contributed by atoms with Crippen molar-refractivity contribution in [3.05, 3.63) is 47.5 Å². The van der Waals surface area contributed by atoms with Crippen LogP contribution in [0.25, 0.3) is 0 Å². The molecule has 2 aromatic carbocycles. The maximum atomic E-state index is 13.7. The second-order valence-corrected chi connectivity index (χ2v) is 9.57. The van der Waals surface area contributed by atoms with Crippen molar-refractivity contribution in [1.82, 2.24) is 9.91 Å². The smallest absolute Gasteiger partial charge is 0.257 e. The minimum atomic E-state index is -0.481. The zero-order chi connectivity index (χ0) is 26.7. The van der Waals surface area contributed by atoms with Crippen LogP contribution < -0.4 is 18.9 Å². The van der Waals surface area contributed by atoms with E-state index in [1.165, 1.54) is 0 Å². The maximum absolute atomic E-state index is 13.7. The number of rotatable bonds is 8. The van der Waals surface area contributed by atoms with Gasteiger partial charge in [-0.15, -0.1) is 0 Å². The van der Waals surface area contributed by atoms with Gasteiger partial charge in [-0.1, -0.05) is 0 Å². The van der Waals surface area contributed by atoms with Crippen LogP contribution in [0.3, 0.4) is 0 Å². The van der Waals surface area contributed by atoms with Crippen molar-refractivity contribution in [2.45, 2.75) is 31.1 Å². The Morgan fingerprint density at radius 1 is 0.921 bits per heavy atom. The molecule has 3 heterocycles. The summed E-state index contributed by atoms with van der Waals surface area (Å²) >= 11 is 0. The number of amides is 1. The fourth-order valence-corrected chi connectivity index (χ4v) is 5.37. The van der Waals surface area contributed by atoms with E-state index in [4.69, 9.17) is 33.5 Å². The van der Waals surface area contributed by atoms with Gasteiger partial charge in [0.15, 0.2) is 17.3 Å². The zero-order valence-corrected chi connectivity index (χ0v) is 22.4. The van der Waals surface area contributed by atoms with Crippen molar-refractivity contribution in [2.75, 3.05) is 61.3 Å². The van der Waals surface area contributed by atoms with E-state index in [-0.39, 0.29) is 18.5 Å². The van der Waals surface area contributed by atoms with Gasteiger partial charge >= 0.3 is 0 Å². The molecule has 204 valence electrons. The fraction of sp³-hybridized carbons (Fsp3) is 0.500. The fourth-order valence-electron chi connectivity index (χ4n) is 5.37. The van der Waals surface area contributed by atoms with Crippen LogP contribution in [-0.2, 0) is 14.3 Å². The van der Waals surface area contributed by atoms with Gasteiger partial charge in [-0.25, -0.2) is 5.01 Å². The molecule has 2 fully saturated rings. The third kappa shape index (κ3) is 5.16. The highest BCUT2D eigenvalue weighted by Gasteiger charge is 2.41. The van der Waals surface area contributed by atoms with Crippen molar-refractivity contribution in [3.63, 3.8) is 0 Å². The summed E-state index contributed by atoms with van der Waals surface area (Å²) in [6.45, 7) is 2.97. The molecule has 1 amide bonds. The van der Waals surface area contributed by atoms with Crippen LogP contribution in [0.5, 0.6) is 23.0 Å². The first-order chi connectivity index (χ1) is 18.5. The summed E-state index contributed by atoms with van der Waals surface area (Å²) in [7, 11) is 6.43. The highest BCUT2D eigenvalue weighted by molar-refractivity contribution is 6.03. The number of nitrogens with zero attached hydrogens (tertiary/aromatic N) is 3. The Hall–Kier alpha value is -3.34. The molecule has 0 saturated carbocycles. The van der Waals surface area contributed by atoms with Crippen LogP contribution >= 0.6 is 0 Å². The summed E-state index contributed by atoms with van der Waals surface area (Å²) in [5, 5.41) is 6.44. The number of ether oxygens (including phenoxy) is 6. The Balaban J connectivity index is 1.41.